The third kappa shape index (κ3) is 3.29. The molecule has 0 radical (unpaired) electrons. The summed E-state index contributed by atoms with van der Waals surface area (Å²) < 4.78 is 14.2. The van der Waals surface area contributed by atoms with Gasteiger partial charge in [0.05, 0.1) is 0 Å². The summed E-state index contributed by atoms with van der Waals surface area (Å²) in [4.78, 5) is 0. The molecule has 0 aliphatic carbocycles. The Labute approximate surface area is 111 Å². The maximum atomic E-state index is 13.3. The minimum atomic E-state index is -0.152. The van der Waals surface area contributed by atoms with Crippen molar-refractivity contribution in [2.75, 3.05) is 13.1 Å². The van der Waals surface area contributed by atoms with Crippen molar-refractivity contribution < 1.29 is 4.39 Å². The second kappa shape index (κ2) is 5.07. The maximum absolute atomic E-state index is 13.3. The van der Waals surface area contributed by atoms with Gasteiger partial charge in [0.1, 0.15) is 5.82 Å². The highest BCUT2D eigenvalue weighted by atomic mass is 79.9. The Bertz CT molecular complexity index is 379. The topological polar surface area (TPSA) is 12.0 Å². The van der Waals surface area contributed by atoms with E-state index < -0.39 is 0 Å². The smallest absolute Gasteiger partial charge is 0.124 e. The third-order valence-corrected chi connectivity index (χ3v) is 3.80. The van der Waals surface area contributed by atoms with Crippen molar-refractivity contribution in [3.63, 3.8) is 0 Å². The zero-order valence-electron chi connectivity index (χ0n) is 10.4. The average Bonchev–Trinajstić information content (AvgIpc) is 2.11. The van der Waals surface area contributed by atoms with Gasteiger partial charge in [-0.05, 0) is 47.9 Å². The molecule has 0 saturated carbocycles. The van der Waals surface area contributed by atoms with Crippen LogP contribution >= 0.6 is 15.9 Å². The highest BCUT2D eigenvalue weighted by molar-refractivity contribution is 9.10. The molecule has 3 heteroatoms. The van der Waals surface area contributed by atoms with Crippen LogP contribution in [-0.2, 0) is 6.42 Å². The summed E-state index contributed by atoms with van der Waals surface area (Å²) in [5.41, 5.74) is 1.43. The van der Waals surface area contributed by atoms with Gasteiger partial charge in [-0.3, -0.25) is 0 Å². The first-order valence-electron chi connectivity index (χ1n) is 6.15. The zero-order chi connectivity index (χ0) is 12.5. The highest BCUT2D eigenvalue weighted by Gasteiger charge is 2.37. The fourth-order valence-electron chi connectivity index (χ4n) is 2.83. The van der Waals surface area contributed by atoms with Crippen LogP contribution in [0.3, 0.4) is 0 Å². The van der Waals surface area contributed by atoms with Crippen molar-refractivity contribution in [1.82, 2.24) is 5.32 Å². The number of benzene rings is 1. The lowest BCUT2D eigenvalue weighted by Gasteiger charge is -2.44. The minimum absolute atomic E-state index is 0.152. The normalized spacial score (nSPS) is 18.2. The molecule has 17 heavy (non-hydrogen) atoms. The lowest BCUT2D eigenvalue weighted by molar-refractivity contribution is 0.131. The van der Waals surface area contributed by atoms with Crippen LogP contribution in [0.15, 0.2) is 22.7 Å². The predicted molar refractivity (Wildman–Crippen MR) is 72.6 cm³/mol. The fourth-order valence-corrected chi connectivity index (χ4v) is 3.34. The summed E-state index contributed by atoms with van der Waals surface area (Å²) in [7, 11) is 0. The van der Waals surface area contributed by atoms with Crippen LogP contribution < -0.4 is 5.32 Å². The predicted octanol–water partition coefficient (Wildman–Crippen LogP) is 3.77. The Morgan fingerprint density at radius 1 is 1.35 bits per heavy atom. The van der Waals surface area contributed by atoms with Crippen molar-refractivity contribution in [1.29, 1.82) is 0 Å². The van der Waals surface area contributed by atoms with Gasteiger partial charge in [-0.25, -0.2) is 4.39 Å². The largest absolute Gasteiger partial charge is 0.316 e. The molecule has 1 nitrogen and oxygen atoms in total. The molecule has 0 atom stereocenters. The fraction of sp³-hybridized carbons (Fsp3) is 0.571. The molecule has 0 spiro atoms. The average molecular weight is 300 g/mol. The van der Waals surface area contributed by atoms with E-state index in [1.165, 1.54) is 12.5 Å². The van der Waals surface area contributed by atoms with Crippen molar-refractivity contribution in [2.24, 2.45) is 11.3 Å². The molecule has 1 saturated heterocycles. The quantitative estimate of drug-likeness (QED) is 0.892. The molecular formula is C14H19BrFN. The molecule has 1 aliphatic rings. The molecule has 2 rings (SSSR count). The van der Waals surface area contributed by atoms with E-state index in [1.54, 1.807) is 6.07 Å². The van der Waals surface area contributed by atoms with Gasteiger partial charge >= 0.3 is 0 Å². The molecule has 1 N–H and O–H groups in total. The number of nitrogens with one attached hydrogen (secondary N) is 1. The van der Waals surface area contributed by atoms with E-state index in [9.17, 15) is 4.39 Å². The Morgan fingerprint density at radius 2 is 2.06 bits per heavy atom. The molecular weight excluding hydrogens is 281 g/mol. The molecule has 1 heterocycles. The standard InChI is InChI=1S/C14H19BrFN/c1-10(2)6-14(8-17-9-14)7-11-3-12(15)5-13(16)4-11/h3-5,10,17H,6-9H2,1-2H3. The lowest BCUT2D eigenvalue weighted by atomic mass is 9.71. The second-order valence-corrected chi connectivity index (χ2v) is 6.57. The van der Waals surface area contributed by atoms with Crippen molar-refractivity contribution in [3.8, 4) is 0 Å². The Morgan fingerprint density at radius 3 is 2.53 bits per heavy atom. The third-order valence-electron chi connectivity index (χ3n) is 3.34. The molecule has 0 bridgehead atoms. The van der Waals surface area contributed by atoms with Gasteiger partial charge in [0.15, 0.2) is 0 Å². The summed E-state index contributed by atoms with van der Waals surface area (Å²) in [6, 6.07) is 5.20. The molecule has 0 unspecified atom stereocenters. The Kier molecular flexibility index (Phi) is 3.88. The molecule has 0 aromatic heterocycles. The van der Waals surface area contributed by atoms with Gasteiger partial charge in [0.2, 0.25) is 0 Å². The Balaban J connectivity index is 2.12. The van der Waals surface area contributed by atoms with Gasteiger partial charge in [0.25, 0.3) is 0 Å². The van der Waals surface area contributed by atoms with Crippen molar-refractivity contribution in [3.05, 3.63) is 34.1 Å². The van der Waals surface area contributed by atoms with Crippen LogP contribution in [0.2, 0.25) is 0 Å². The van der Waals surface area contributed by atoms with Crippen LogP contribution in [0.1, 0.15) is 25.8 Å². The molecule has 0 amide bonds. The van der Waals surface area contributed by atoms with Crippen LogP contribution in [0.5, 0.6) is 0 Å². The molecule has 1 aromatic carbocycles. The molecule has 1 fully saturated rings. The summed E-state index contributed by atoms with van der Waals surface area (Å²) >= 11 is 3.36. The Hall–Kier alpha value is -0.410. The second-order valence-electron chi connectivity index (χ2n) is 5.66. The van der Waals surface area contributed by atoms with Gasteiger partial charge < -0.3 is 5.32 Å². The summed E-state index contributed by atoms with van der Waals surface area (Å²) in [5.74, 6) is 0.537. The maximum Gasteiger partial charge on any atom is 0.124 e. The number of rotatable bonds is 4. The highest BCUT2D eigenvalue weighted by Crippen LogP contribution is 2.35. The van der Waals surface area contributed by atoms with Crippen LogP contribution in [0.25, 0.3) is 0 Å². The first-order valence-corrected chi connectivity index (χ1v) is 6.94. The van der Waals surface area contributed by atoms with Crippen molar-refractivity contribution >= 4 is 15.9 Å². The first kappa shape index (κ1) is 13.0. The minimum Gasteiger partial charge on any atom is -0.316 e. The molecule has 1 aromatic rings. The lowest BCUT2D eigenvalue weighted by Crippen LogP contribution is -2.55. The summed E-state index contributed by atoms with van der Waals surface area (Å²) in [6.07, 6.45) is 2.17. The van der Waals surface area contributed by atoms with Crippen LogP contribution in [-0.4, -0.2) is 13.1 Å². The van der Waals surface area contributed by atoms with E-state index in [1.807, 2.05) is 6.07 Å². The van der Waals surface area contributed by atoms with Crippen LogP contribution in [0, 0.1) is 17.2 Å². The monoisotopic (exact) mass is 299 g/mol. The first-order chi connectivity index (χ1) is 7.99. The summed E-state index contributed by atoms with van der Waals surface area (Å²) in [6.45, 7) is 6.61. The molecule has 1 aliphatic heterocycles. The molecule has 94 valence electrons. The van der Waals surface area contributed by atoms with Crippen LogP contribution in [0.4, 0.5) is 4.39 Å². The van der Waals surface area contributed by atoms with E-state index in [0.29, 0.717) is 11.3 Å². The van der Waals surface area contributed by atoms with Crippen molar-refractivity contribution in [2.45, 2.75) is 26.7 Å². The SMILES string of the molecule is CC(C)CC1(Cc2cc(F)cc(Br)c2)CNC1. The summed E-state index contributed by atoms with van der Waals surface area (Å²) in [5, 5.41) is 3.35. The van der Waals surface area contributed by atoms with E-state index in [0.717, 1.165) is 29.5 Å². The number of hydrogen-bond acceptors (Lipinski definition) is 1. The number of halogens is 2. The van der Waals surface area contributed by atoms with E-state index in [-0.39, 0.29) is 5.82 Å². The van der Waals surface area contributed by atoms with E-state index in [2.05, 4.69) is 35.1 Å². The van der Waals surface area contributed by atoms with Gasteiger partial charge in [-0.15, -0.1) is 0 Å². The van der Waals surface area contributed by atoms with E-state index in [4.69, 9.17) is 0 Å². The number of hydrogen-bond donors (Lipinski definition) is 1. The van der Waals surface area contributed by atoms with E-state index >= 15 is 0 Å². The van der Waals surface area contributed by atoms with Gasteiger partial charge in [-0.1, -0.05) is 29.8 Å². The zero-order valence-corrected chi connectivity index (χ0v) is 12.0. The van der Waals surface area contributed by atoms with Gasteiger partial charge in [-0.2, -0.15) is 0 Å². The van der Waals surface area contributed by atoms with Gasteiger partial charge in [0, 0.05) is 17.6 Å².